The average molecular weight is 307 g/mol. The molecule has 1 aliphatic carbocycles. The zero-order valence-corrected chi connectivity index (χ0v) is 13.6. The summed E-state index contributed by atoms with van der Waals surface area (Å²) in [7, 11) is 0. The molecule has 4 aliphatic heterocycles. The number of aromatic amines is 1. The Kier molecular flexibility index (Phi) is 2.61. The number of benzene rings is 1. The third-order valence-electron chi connectivity index (χ3n) is 7.26. The largest absolute Gasteiger partial charge is 0.357 e. The molecule has 0 unspecified atom stereocenters. The normalized spacial score (nSPS) is 39.0. The van der Waals surface area contributed by atoms with Gasteiger partial charge < -0.3 is 10.3 Å². The van der Waals surface area contributed by atoms with Crippen LogP contribution in [0.5, 0.6) is 0 Å². The lowest BCUT2D eigenvalue weighted by Crippen LogP contribution is -2.67. The highest BCUT2D eigenvalue weighted by molar-refractivity contribution is 5.85. The van der Waals surface area contributed by atoms with Crippen LogP contribution in [0.4, 0.5) is 0 Å². The molecule has 4 fully saturated rings. The molecule has 120 valence electrons. The molecule has 5 heterocycles. The Bertz CT molecular complexity index is 763. The fourth-order valence-electron chi connectivity index (χ4n) is 6.48. The minimum atomic E-state index is 0.636. The minimum absolute atomic E-state index is 0.636. The number of rotatable bonds is 0. The van der Waals surface area contributed by atoms with Crippen LogP contribution >= 0.6 is 0 Å². The van der Waals surface area contributed by atoms with Gasteiger partial charge in [0, 0.05) is 35.2 Å². The van der Waals surface area contributed by atoms with Crippen molar-refractivity contribution in [3.8, 4) is 0 Å². The average Bonchev–Trinajstić information content (AvgIpc) is 3.01. The Morgan fingerprint density at radius 2 is 2.00 bits per heavy atom. The van der Waals surface area contributed by atoms with Crippen LogP contribution in [0.15, 0.2) is 24.3 Å². The van der Waals surface area contributed by atoms with E-state index < -0.39 is 0 Å². The first kappa shape index (κ1) is 13.0. The summed E-state index contributed by atoms with van der Waals surface area (Å²) in [5.74, 6) is 1.71. The second-order valence-electron chi connectivity index (χ2n) is 8.09. The summed E-state index contributed by atoms with van der Waals surface area (Å²) in [5.41, 5.74) is 4.51. The molecule has 1 aromatic carbocycles. The molecule has 0 radical (unpaired) electrons. The smallest absolute Gasteiger partial charge is 0.0547 e. The highest BCUT2D eigenvalue weighted by Gasteiger charge is 2.55. The topological polar surface area (TPSA) is 31.1 Å². The van der Waals surface area contributed by atoms with Crippen molar-refractivity contribution in [1.29, 1.82) is 0 Å². The van der Waals surface area contributed by atoms with E-state index in [4.69, 9.17) is 0 Å². The highest BCUT2D eigenvalue weighted by Crippen LogP contribution is 2.54. The molecule has 7 rings (SSSR count). The molecule has 1 aromatic heterocycles. The van der Waals surface area contributed by atoms with Gasteiger partial charge in [0.25, 0.3) is 0 Å². The van der Waals surface area contributed by atoms with E-state index in [0.717, 1.165) is 23.9 Å². The van der Waals surface area contributed by atoms with E-state index in [1.54, 1.807) is 11.3 Å². The van der Waals surface area contributed by atoms with Crippen LogP contribution in [0.1, 0.15) is 43.0 Å². The Morgan fingerprint density at radius 1 is 1.04 bits per heavy atom. The molecule has 0 spiro atoms. The first-order chi connectivity index (χ1) is 11.4. The van der Waals surface area contributed by atoms with Crippen LogP contribution in [-0.2, 0) is 6.42 Å². The molecule has 23 heavy (non-hydrogen) atoms. The molecule has 2 N–H and O–H groups in total. The van der Waals surface area contributed by atoms with Gasteiger partial charge in [0.05, 0.1) is 6.04 Å². The van der Waals surface area contributed by atoms with Gasteiger partial charge in [0.1, 0.15) is 0 Å². The van der Waals surface area contributed by atoms with Crippen molar-refractivity contribution in [3.63, 3.8) is 0 Å². The molecular formula is C20H25N3. The monoisotopic (exact) mass is 307 g/mol. The summed E-state index contributed by atoms with van der Waals surface area (Å²) in [6.45, 7) is 2.50. The molecule has 5 atom stereocenters. The fourth-order valence-corrected chi connectivity index (χ4v) is 6.48. The molecule has 0 amide bonds. The van der Waals surface area contributed by atoms with Gasteiger partial charge in [-0.2, -0.15) is 0 Å². The Morgan fingerprint density at radius 3 is 3.00 bits per heavy atom. The summed E-state index contributed by atoms with van der Waals surface area (Å²) in [6, 6.07) is 11.1. The molecular weight excluding hydrogens is 282 g/mol. The van der Waals surface area contributed by atoms with Crippen LogP contribution in [0, 0.1) is 11.8 Å². The van der Waals surface area contributed by atoms with Crippen LogP contribution in [0.2, 0.25) is 0 Å². The molecule has 3 nitrogen and oxygen atoms in total. The van der Waals surface area contributed by atoms with E-state index >= 15 is 0 Å². The second-order valence-corrected chi connectivity index (χ2v) is 8.09. The summed E-state index contributed by atoms with van der Waals surface area (Å²) < 4.78 is 0. The summed E-state index contributed by atoms with van der Waals surface area (Å²) in [5, 5.41) is 5.38. The van der Waals surface area contributed by atoms with Gasteiger partial charge in [-0.25, -0.2) is 0 Å². The quantitative estimate of drug-likeness (QED) is 0.783. The Balaban J connectivity index is 1.50. The molecule has 2 aromatic rings. The first-order valence-electron chi connectivity index (χ1n) is 9.50. The van der Waals surface area contributed by atoms with E-state index in [1.165, 1.54) is 56.1 Å². The number of H-pyrrole nitrogens is 1. The molecule has 1 saturated carbocycles. The van der Waals surface area contributed by atoms with E-state index in [9.17, 15) is 0 Å². The standard InChI is InChI=1S/C20H25N3/c1-2-6-16-12(4-1)13-9-11-23-17-8-7-15(20(23)19(13)22-16)18-14(17)5-3-10-21-18/h1-2,4,6,14-15,17-18,20-22H,3,5,7-11H2/t14-,15+,17-,18+,20+/m0/s1. The maximum absolute atomic E-state index is 3.91. The van der Waals surface area contributed by atoms with Crippen LogP contribution in [0.25, 0.3) is 10.9 Å². The van der Waals surface area contributed by atoms with Gasteiger partial charge in [-0.3, -0.25) is 4.90 Å². The lowest BCUT2D eigenvalue weighted by atomic mass is 9.61. The van der Waals surface area contributed by atoms with E-state index in [1.807, 2.05) is 0 Å². The predicted molar refractivity (Wildman–Crippen MR) is 92.5 cm³/mol. The number of aromatic nitrogens is 1. The molecule has 2 bridgehead atoms. The minimum Gasteiger partial charge on any atom is -0.357 e. The van der Waals surface area contributed by atoms with E-state index in [-0.39, 0.29) is 0 Å². The van der Waals surface area contributed by atoms with Crippen LogP contribution in [-0.4, -0.2) is 35.1 Å². The number of nitrogens with zero attached hydrogens (tertiary/aromatic N) is 1. The van der Waals surface area contributed by atoms with Crippen LogP contribution in [0.3, 0.4) is 0 Å². The Labute approximate surface area is 137 Å². The number of piperidine rings is 3. The number of nitrogens with one attached hydrogen (secondary N) is 2. The third kappa shape index (κ3) is 1.62. The van der Waals surface area contributed by atoms with Crippen molar-refractivity contribution in [1.82, 2.24) is 15.2 Å². The highest BCUT2D eigenvalue weighted by atomic mass is 15.3. The van der Waals surface area contributed by atoms with Crippen molar-refractivity contribution in [2.75, 3.05) is 13.1 Å². The number of para-hydroxylation sites is 1. The van der Waals surface area contributed by atoms with Gasteiger partial charge in [-0.05, 0) is 62.1 Å². The summed E-state index contributed by atoms with van der Waals surface area (Å²) in [6.07, 6.45) is 6.89. The van der Waals surface area contributed by atoms with Crippen molar-refractivity contribution in [2.24, 2.45) is 11.8 Å². The van der Waals surface area contributed by atoms with Gasteiger partial charge >= 0.3 is 0 Å². The zero-order valence-electron chi connectivity index (χ0n) is 13.6. The zero-order chi connectivity index (χ0) is 15.0. The van der Waals surface area contributed by atoms with Crippen molar-refractivity contribution in [3.05, 3.63) is 35.5 Å². The molecule has 3 saturated heterocycles. The molecule has 5 aliphatic rings. The molecule has 3 heteroatoms. The number of hydrogen-bond donors (Lipinski definition) is 2. The van der Waals surface area contributed by atoms with Gasteiger partial charge in [-0.15, -0.1) is 0 Å². The second kappa shape index (κ2) is 4.61. The third-order valence-corrected chi connectivity index (χ3v) is 7.26. The lowest BCUT2D eigenvalue weighted by Gasteiger charge is -2.61. The van der Waals surface area contributed by atoms with Crippen LogP contribution < -0.4 is 5.32 Å². The number of hydrogen-bond acceptors (Lipinski definition) is 2. The maximum Gasteiger partial charge on any atom is 0.0547 e. The van der Waals surface area contributed by atoms with Crippen molar-refractivity contribution >= 4 is 10.9 Å². The lowest BCUT2D eigenvalue weighted by molar-refractivity contribution is -0.0920. The SMILES string of the molecule is c1ccc2c3c([nH]c2c1)[C@H]1[C@@H]2CC[C@@H]([C@@H]4CCCN[C@H]42)N1CC3. The van der Waals surface area contributed by atoms with Crippen molar-refractivity contribution in [2.45, 2.75) is 50.2 Å². The van der Waals surface area contributed by atoms with Crippen molar-refractivity contribution < 1.29 is 0 Å². The Hall–Kier alpha value is -1.32. The predicted octanol–water partition coefficient (Wildman–Crippen LogP) is 3.23. The van der Waals surface area contributed by atoms with Gasteiger partial charge in [0.2, 0.25) is 0 Å². The summed E-state index contributed by atoms with van der Waals surface area (Å²) >= 11 is 0. The van der Waals surface area contributed by atoms with E-state index in [2.05, 4.69) is 39.5 Å². The fraction of sp³-hybridized carbons (Fsp3) is 0.600. The summed E-state index contributed by atoms with van der Waals surface area (Å²) in [4.78, 5) is 6.72. The number of fused-ring (bicyclic) bond motifs is 4. The maximum atomic E-state index is 3.91. The van der Waals surface area contributed by atoms with E-state index in [0.29, 0.717) is 6.04 Å². The van der Waals surface area contributed by atoms with Gasteiger partial charge in [-0.1, -0.05) is 18.2 Å². The first-order valence-corrected chi connectivity index (χ1v) is 9.50. The van der Waals surface area contributed by atoms with Gasteiger partial charge in [0.15, 0.2) is 0 Å².